The molecule has 0 aromatic rings. The van der Waals surface area contributed by atoms with Gasteiger partial charge >= 0.3 is 0 Å². The molecule has 1 saturated carbocycles. The van der Waals surface area contributed by atoms with E-state index in [-0.39, 0.29) is 17.9 Å². The summed E-state index contributed by atoms with van der Waals surface area (Å²) < 4.78 is 0. The first-order valence-electron chi connectivity index (χ1n) is 10.5. The molecule has 5 nitrogen and oxygen atoms in total. The Bertz CT molecular complexity index is 462. The lowest BCUT2D eigenvalue weighted by Crippen LogP contribution is -2.58. The summed E-state index contributed by atoms with van der Waals surface area (Å²) in [4.78, 5) is 29.5. The van der Waals surface area contributed by atoms with Crippen molar-refractivity contribution in [3.63, 3.8) is 0 Å². The summed E-state index contributed by atoms with van der Waals surface area (Å²) in [6.07, 6.45) is 10.5. The van der Waals surface area contributed by atoms with Crippen molar-refractivity contribution in [3.05, 3.63) is 0 Å². The van der Waals surface area contributed by atoms with Crippen LogP contribution >= 0.6 is 0 Å². The number of hydrogen-bond acceptors (Lipinski definition) is 3. The second-order valence-electron chi connectivity index (χ2n) is 8.22. The molecule has 2 amide bonds. The minimum Gasteiger partial charge on any atom is -0.340 e. The summed E-state index contributed by atoms with van der Waals surface area (Å²) in [5, 5.41) is 3.14. The average molecular weight is 350 g/mol. The van der Waals surface area contributed by atoms with E-state index in [0.717, 1.165) is 64.2 Å². The van der Waals surface area contributed by atoms with Gasteiger partial charge in [-0.05, 0) is 31.6 Å². The Balaban J connectivity index is 1.59. The lowest BCUT2D eigenvalue weighted by Gasteiger charge is -2.42. The highest BCUT2D eigenvalue weighted by molar-refractivity contribution is 5.80. The van der Waals surface area contributed by atoms with Gasteiger partial charge in [-0.25, -0.2) is 0 Å². The highest BCUT2D eigenvalue weighted by Gasteiger charge is 2.34. The van der Waals surface area contributed by atoms with E-state index in [1.807, 2.05) is 4.90 Å². The lowest BCUT2D eigenvalue weighted by molar-refractivity contribution is -0.143. The van der Waals surface area contributed by atoms with Crippen LogP contribution in [-0.4, -0.2) is 60.4 Å². The summed E-state index contributed by atoms with van der Waals surface area (Å²) in [5.74, 6) is 1.52. The molecule has 2 unspecified atom stereocenters. The monoisotopic (exact) mass is 349 g/mol. The second-order valence-corrected chi connectivity index (χ2v) is 8.22. The van der Waals surface area contributed by atoms with Gasteiger partial charge in [-0.2, -0.15) is 0 Å². The number of carbonyl (C=O) groups excluding carboxylic acids is 2. The van der Waals surface area contributed by atoms with E-state index < -0.39 is 0 Å². The molecule has 2 heterocycles. The van der Waals surface area contributed by atoms with Gasteiger partial charge in [0.2, 0.25) is 11.8 Å². The Hall–Kier alpha value is -1.10. The molecule has 142 valence electrons. The van der Waals surface area contributed by atoms with Crippen LogP contribution in [0.5, 0.6) is 0 Å². The predicted molar refractivity (Wildman–Crippen MR) is 99.2 cm³/mol. The van der Waals surface area contributed by atoms with Crippen LogP contribution in [0, 0.1) is 11.8 Å². The minimum atomic E-state index is 0.196. The van der Waals surface area contributed by atoms with Gasteiger partial charge in [0.15, 0.2) is 0 Å². The molecular weight excluding hydrogens is 314 g/mol. The zero-order valence-corrected chi connectivity index (χ0v) is 15.8. The highest BCUT2D eigenvalue weighted by Crippen LogP contribution is 2.33. The first kappa shape index (κ1) is 18.7. The van der Waals surface area contributed by atoms with E-state index in [2.05, 4.69) is 17.1 Å². The van der Waals surface area contributed by atoms with Crippen LogP contribution in [0.4, 0.5) is 0 Å². The summed E-state index contributed by atoms with van der Waals surface area (Å²) in [5.41, 5.74) is 0. The lowest BCUT2D eigenvalue weighted by atomic mass is 9.88. The van der Waals surface area contributed by atoms with Gasteiger partial charge in [-0.3, -0.25) is 9.59 Å². The van der Waals surface area contributed by atoms with Crippen LogP contribution in [0.15, 0.2) is 0 Å². The molecule has 0 aromatic heterocycles. The molecule has 25 heavy (non-hydrogen) atoms. The maximum absolute atomic E-state index is 13.2. The molecule has 2 aliphatic heterocycles. The number of piperazine rings is 1. The Kier molecular flexibility index (Phi) is 6.74. The first-order chi connectivity index (χ1) is 12.2. The largest absolute Gasteiger partial charge is 0.340 e. The molecule has 3 rings (SSSR count). The molecule has 0 aromatic carbocycles. The Morgan fingerprint density at radius 3 is 2.72 bits per heavy atom. The van der Waals surface area contributed by atoms with Crippen molar-refractivity contribution in [2.75, 3.05) is 32.7 Å². The number of hydrogen-bond donors (Lipinski definition) is 1. The Morgan fingerprint density at radius 1 is 1.20 bits per heavy atom. The van der Waals surface area contributed by atoms with E-state index in [1.54, 1.807) is 0 Å². The minimum absolute atomic E-state index is 0.196. The topological polar surface area (TPSA) is 52.7 Å². The third kappa shape index (κ3) is 4.75. The number of amides is 2. The van der Waals surface area contributed by atoms with Gasteiger partial charge in [0, 0.05) is 38.1 Å². The Labute approximate surface area is 152 Å². The van der Waals surface area contributed by atoms with Gasteiger partial charge in [0.05, 0.1) is 6.54 Å². The summed E-state index contributed by atoms with van der Waals surface area (Å²) in [7, 11) is 0. The third-order valence-corrected chi connectivity index (χ3v) is 6.35. The molecule has 1 aliphatic carbocycles. The first-order valence-corrected chi connectivity index (χ1v) is 10.5. The molecular formula is C20H35N3O2. The normalized spacial score (nSPS) is 26.9. The molecule has 0 radical (unpaired) electrons. The summed E-state index contributed by atoms with van der Waals surface area (Å²) in [6.45, 7) is 5.91. The van der Waals surface area contributed by atoms with Crippen molar-refractivity contribution >= 4 is 11.8 Å². The fourth-order valence-corrected chi connectivity index (χ4v) is 5.01. The second kappa shape index (κ2) is 9.02. The highest BCUT2D eigenvalue weighted by atomic mass is 16.2. The maximum atomic E-state index is 13.2. The number of rotatable bonds is 6. The van der Waals surface area contributed by atoms with Gasteiger partial charge in [-0.1, -0.05) is 39.0 Å². The van der Waals surface area contributed by atoms with Crippen LogP contribution in [0.1, 0.15) is 64.7 Å². The van der Waals surface area contributed by atoms with Crippen molar-refractivity contribution in [1.82, 2.24) is 15.1 Å². The van der Waals surface area contributed by atoms with Crippen LogP contribution in [-0.2, 0) is 9.59 Å². The molecule has 0 spiro atoms. The molecule has 3 fully saturated rings. The number of carbonyl (C=O) groups is 2. The van der Waals surface area contributed by atoms with Gasteiger partial charge < -0.3 is 15.1 Å². The molecule has 1 N–H and O–H groups in total. The molecule has 2 saturated heterocycles. The van der Waals surface area contributed by atoms with Gasteiger partial charge in [0.1, 0.15) is 0 Å². The van der Waals surface area contributed by atoms with E-state index in [9.17, 15) is 9.59 Å². The molecule has 3 aliphatic rings. The number of nitrogens with zero attached hydrogens (tertiary/aromatic N) is 2. The van der Waals surface area contributed by atoms with Crippen molar-refractivity contribution in [1.29, 1.82) is 0 Å². The molecule has 2 atom stereocenters. The number of piperidine rings is 1. The number of likely N-dealkylation sites (tertiary alicyclic amines) is 1. The van der Waals surface area contributed by atoms with Crippen LogP contribution in [0.25, 0.3) is 0 Å². The van der Waals surface area contributed by atoms with Crippen molar-refractivity contribution in [2.45, 2.75) is 70.8 Å². The third-order valence-electron chi connectivity index (χ3n) is 6.35. The van der Waals surface area contributed by atoms with Crippen LogP contribution < -0.4 is 5.32 Å². The standard InChI is InChI=1S/C20H35N3O2/c1-2-6-17(13-16-7-3-4-8-16)20(25)22-11-5-9-18(15-22)23-12-10-21-14-19(23)24/h16-18,21H,2-15H2,1H3. The maximum Gasteiger partial charge on any atom is 0.236 e. The van der Waals surface area contributed by atoms with E-state index in [0.29, 0.717) is 12.5 Å². The fraction of sp³-hybridized carbons (Fsp3) is 0.900. The van der Waals surface area contributed by atoms with Crippen molar-refractivity contribution < 1.29 is 9.59 Å². The molecule has 5 heteroatoms. The van der Waals surface area contributed by atoms with Gasteiger partial charge in [0.25, 0.3) is 0 Å². The van der Waals surface area contributed by atoms with Gasteiger partial charge in [-0.15, -0.1) is 0 Å². The smallest absolute Gasteiger partial charge is 0.236 e. The van der Waals surface area contributed by atoms with Crippen molar-refractivity contribution in [2.24, 2.45) is 11.8 Å². The zero-order chi connectivity index (χ0) is 17.6. The number of nitrogens with one attached hydrogen (secondary N) is 1. The zero-order valence-electron chi connectivity index (χ0n) is 15.8. The van der Waals surface area contributed by atoms with E-state index in [4.69, 9.17) is 0 Å². The Morgan fingerprint density at radius 2 is 2.00 bits per heavy atom. The fourth-order valence-electron chi connectivity index (χ4n) is 5.01. The predicted octanol–water partition coefficient (Wildman–Crippen LogP) is 2.41. The quantitative estimate of drug-likeness (QED) is 0.801. The van der Waals surface area contributed by atoms with E-state index in [1.165, 1.54) is 25.7 Å². The SMILES string of the molecule is CCCC(CC1CCCC1)C(=O)N1CCCC(N2CCNCC2=O)C1. The summed E-state index contributed by atoms with van der Waals surface area (Å²) >= 11 is 0. The van der Waals surface area contributed by atoms with Crippen LogP contribution in [0.2, 0.25) is 0 Å². The summed E-state index contributed by atoms with van der Waals surface area (Å²) in [6, 6.07) is 0.223. The van der Waals surface area contributed by atoms with Crippen molar-refractivity contribution in [3.8, 4) is 0 Å². The van der Waals surface area contributed by atoms with E-state index >= 15 is 0 Å². The van der Waals surface area contributed by atoms with Crippen LogP contribution in [0.3, 0.4) is 0 Å². The average Bonchev–Trinajstić information content (AvgIpc) is 3.14. The molecule has 0 bridgehead atoms.